The number of hydrogen-bond acceptors (Lipinski definition) is 6. The van der Waals surface area contributed by atoms with Crippen LogP contribution < -0.4 is 0 Å². The highest BCUT2D eigenvalue weighted by molar-refractivity contribution is 7.89. The highest BCUT2D eigenvalue weighted by Gasteiger charge is 2.33. The lowest BCUT2D eigenvalue weighted by atomic mass is 10.00. The maximum atomic E-state index is 13.1. The van der Waals surface area contributed by atoms with Gasteiger partial charge < -0.3 is 9.63 Å². The molecule has 1 N–H and O–H groups in total. The minimum atomic E-state index is -3.87. The van der Waals surface area contributed by atoms with E-state index in [0.717, 1.165) is 6.07 Å². The molecule has 30 heavy (non-hydrogen) atoms. The summed E-state index contributed by atoms with van der Waals surface area (Å²) in [5.41, 5.74) is 0.502. The molecular formula is C20H18FN3O5S. The standard InChI is InChI=1S/C20H18FN3O5S/c21-16-8-6-13(7-9-16)18-22-19(29-23-18)15-4-2-10-24(12-15)30(27,28)17-5-1-3-14(11-17)20(25)26/h1,3,5-9,11,15H,2,4,10,12H2,(H,25,26)/t15-/m0/s1. The first-order valence-electron chi connectivity index (χ1n) is 9.27. The van der Waals surface area contributed by atoms with Crippen molar-refractivity contribution in [3.63, 3.8) is 0 Å². The van der Waals surface area contributed by atoms with Gasteiger partial charge in [-0.2, -0.15) is 9.29 Å². The number of nitrogens with zero attached hydrogens (tertiary/aromatic N) is 3. The summed E-state index contributed by atoms with van der Waals surface area (Å²) in [7, 11) is -3.87. The summed E-state index contributed by atoms with van der Waals surface area (Å²) in [6.07, 6.45) is 1.27. The van der Waals surface area contributed by atoms with Gasteiger partial charge in [0.15, 0.2) is 0 Å². The van der Waals surface area contributed by atoms with Crippen LogP contribution in [0.4, 0.5) is 4.39 Å². The van der Waals surface area contributed by atoms with Crippen LogP contribution >= 0.6 is 0 Å². The van der Waals surface area contributed by atoms with Gasteiger partial charge >= 0.3 is 5.97 Å². The summed E-state index contributed by atoms with van der Waals surface area (Å²) >= 11 is 0. The number of carbonyl (C=O) groups is 1. The van der Waals surface area contributed by atoms with Gasteiger partial charge in [0.25, 0.3) is 0 Å². The fourth-order valence-electron chi connectivity index (χ4n) is 3.42. The number of aromatic nitrogens is 2. The lowest BCUT2D eigenvalue weighted by molar-refractivity contribution is 0.0696. The van der Waals surface area contributed by atoms with Crippen molar-refractivity contribution in [2.75, 3.05) is 13.1 Å². The van der Waals surface area contributed by atoms with Crippen LogP contribution in [0.15, 0.2) is 57.9 Å². The summed E-state index contributed by atoms with van der Waals surface area (Å²) in [6, 6.07) is 11.0. The maximum Gasteiger partial charge on any atom is 0.335 e. The summed E-state index contributed by atoms with van der Waals surface area (Å²) in [6.45, 7) is 0.458. The molecule has 4 rings (SSSR count). The second-order valence-corrected chi connectivity index (χ2v) is 8.94. The van der Waals surface area contributed by atoms with Crippen LogP contribution in [0.5, 0.6) is 0 Å². The highest BCUT2D eigenvalue weighted by Crippen LogP contribution is 2.31. The Morgan fingerprint density at radius 2 is 1.97 bits per heavy atom. The number of carboxylic acid groups (broad SMARTS) is 1. The molecule has 1 fully saturated rings. The molecule has 2 heterocycles. The van der Waals surface area contributed by atoms with E-state index in [0.29, 0.717) is 36.7 Å². The third-order valence-corrected chi connectivity index (χ3v) is 6.86. The molecule has 0 bridgehead atoms. The van der Waals surface area contributed by atoms with Crippen molar-refractivity contribution >= 4 is 16.0 Å². The minimum absolute atomic E-state index is 0.0689. The Hall–Kier alpha value is -3.11. The van der Waals surface area contributed by atoms with Crippen LogP contribution in [-0.4, -0.2) is 47.0 Å². The Morgan fingerprint density at radius 1 is 1.20 bits per heavy atom. The van der Waals surface area contributed by atoms with Crippen molar-refractivity contribution < 1.29 is 27.2 Å². The third kappa shape index (κ3) is 3.96. The number of hydrogen-bond donors (Lipinski definition) is 1. The summed E-state index contributed by atoms with van der Waals surface area (Å²) < 4.78 is 45.8. The molecule has 1 saturated heterocycles. The SMILES string of the molecule is O=C(O)c1cccc(S(=O)(=O)N2CCC[C@H](c3nc(-c4ccc(F)cc4)no3)C2)c1. The van der Waals surface area contributed by atoms with Gasteiger partial charge in [-0.15, -0.1) is 0 Å². The number of piperidine rings is 1. The molecule has 8 nitrogen and oxygen atoms in total. The van der Waals surface area contributed by atoms with Gasteiger partial charge in [0, 0.05) is 18.7 Å². The molecule has 0 unspecified atom stereocenters. The smallest absolute Gasteiger partial charge is 0.335 e. The number of benzene rings is 2. The molecule has 0 spiro atoms. The molecule has 10 heteroatoms. The Morgan fingerprint density at radius 3 is 2.70 bits per heavy atom. The van der Waals surface area contributed by atoms with Gasteiger partial charge in [0.05, 0.1) is 16.4 Å². The zero-order valence-electron chi connectivity index (χ0n) is 15.7. The highest BCUT2D eigenvalue weighted by atomic mass is 32.2. The summed E-state index contributed by atoms with van der Waals surface area (Å²) in [4.78, 5) is 15.5. The maximum absolute atomic E-state index is 13.1. The van der Waals surface area contributed by atoms with Gasteiger partial charge in [0.1, 0.15) is 5.82 Å². The molecule has 0 amide bonds. The predicted octanol–water partition coefficient (Wildman–Crippen LogP) is 3.14. The average Bonchev–Trinajstić information content (AvgIpc) is 3.25. The largest absolute Gasteiger partial charge is 0.478 e. The Bertz CT molecular complexity index is 1180. The van der Waals surface area contributed by atoms with E-state index in [-0.39, 0.29) is 28.7 Å². The van der Waals surface area contributed by atoms with Crippen molar-refractivity contribution in [2.45, 2.75) is 23.7 Å². The molecule has 2 aromatic carbocycles. The van der Waals surface area contributed by atoms with Crippen LogP contribution in [0.2, 0.25) is 0 Å². The van der Waals surface area contributed by atoms with E-state index in [4.69, 9.17) is 9.63 Å². The second-order valence-electron chi connectivity index (χ2n) is 7.00. The zero-order valence-corrected chi connectivity index (χ0v) is 16.5. The summed E-state index contributed by atoms with van der Waals surface area (Å²) in [5, 5.41) is 13.1. The molecule has 3 aromatic rings. The number of rotatable bonds is 5. The van der Waals surface area contributed by atoms with E-state index in [1.165, 1.54) is 46.8 Å². The van der Waals surface area contributed by atoms with E-state index in [2.05, 4.69) is 10.1 Å². The van der Waals surface area contributed by atoms with E-state index in [1.54, 1.807) is 0 Å². The van der Waals surface area contributed by atoms with Crippen molar-refractivity contribution in [3.8, 4) is 11.4 Å². The quantitative estimate of drug-likeness (QED) is 0.660. The minimum Gasteiger partial charge on any atom is -0.478 e. The molecule has 1 aliphatic rings. The second kappa shape index (κ2) is 7.96. The average molecular weight is 431 g/mol. The number of aromatic carboxylic acids is 1. The molecule has 1 aromatic heterocycles. The molecule has 156 valence electrons. The fraction of sp³-hybridized carbons (Fsp3) is 0.250. The van der Waals surface area contributed by atoms with Crippen LogP contribution in [0.25, 0.3) is 11.4 Å². The molecule has 1 atom stereocenters. The lowest BCUT2D eigenvalue weighted by Gasteiger charge is -2.30. The summed E-state index contributed by atoms with van der Waals surface area (Å²) in [5.74, 6) is -1.24. The predicted molar refractivity (Wildman–Crippen MR) is 104 cm³/mol. The molecule has 0 radical (unpaired) electrons. The van der Waals surface area contributed by atoms with Crippen molar-refractivity contribution in [1.29, 1.82) is 0 Å². The fourth-order valence-corrected chi connectivity index (χ4v) is 4.99. The van der Waals surface area contributed by atoms with E-state index in [9.17, 15) is 17.6 Å². The first-order valence-corrected chi connectivity index (χ1v) is 10.7. The number of halogens is 1. The number of carboxylic acids is 1. The van der Waals surface area contributed by atoms with Gasteiger partial charge in [-0.05, 0) is 55.3 Å². The molecule has 0 aliphatic carbocycles. The Balaban J connectivity index is 1.55. The zero-order chi connectivity index (χ0) is 21.3. The van der Waals surface area contributed by atoms with Crippen LogP contribution in [0.3, 0.4) is 0 Å². The monoisotopic (exact) mass is 431 g/mol. The Kier molecular flexibility index (Phi) is 5.35. The lowest BCUT2D eigenvalue weighted by Crippen LogP contribution is -2.39. The van der Waals surface area contributed by atoms with Crippen LogP contribution in [0.1, 0.15) is 35.0 Å². The molecular weight excluding hydrogens is 413 g/mol. The van der Waals surface area contributed by atoms with Crippen molar-refractivity contribution in [1.82, 2.24) is 14.4 Å². The van der Waals surface area contributed by atoms with E-state index >= 15 is 0 Å². The van der Waals surface area contributed by atoms with Crippen LogP contribution in [-0.2, 0) is 10.0 Å². The van der Waals surface area contributed by atoms with Gasteiger partial charge in [-0.25, -0.2) is 17.6 Å². The van der Waals surface area contributed by atoms with Gasteiger partial charge in [0.2, 0.25) is 21.7 Å². The third-order valence-electron chi connectivity index (χ3n) is 5.00. The van der Waals surface area contributed by atoms with Crippen LogP contribution in [0, 0.1) is 5.82 Å². The van der Waals surface area contributed by atoms with Gasteiger partial charge in [-0.3, -0.25) is 0 Å². The Labute approximate surface area is 172 Å². The van der Waals surface area contributed by atoms with Crippen molar-refractivity contribution in [3.05, 3.63) is 65.8 Å². The first-order chi connectivity index (χ1) is 14.3. The number of sulfonamides is 1. The van der Waals surface area contributed by atoms with E-state index < -0.39 is 16.0 Å². The first kappa shape index (κ1) is 20.2. The topological polar surface area (TPSA) is 114 Å². The molecule has 0 saturated carbocycles. The van der Waals surface area contributed by atoms with Crippen molar-refractivity contribution in [2.24, 2.45) is 0 Å². The normalized spacial score (nSPS) is 17.7. The van der Waals surface area contributed by atoms with Gasteiger partial charge in [-0.1, -0.05) is 11.2 Å². The molecule has 1 aliphatic heterocycles. The van der Waals surface area contributed by atoms with E-state index in [1.807, 2.05) is 0 Å².